The highest BCUT2D eigenvalue weighted by Gasteiger charge is 2.20. The predicted molar refractivity (Wildman–Crippen MR) is 264 cm³/mol. The average molecular weight is 817 g/mol. The van der Waals surface area contributed by atoms with Crippen molar-refractivity contribution in [2.75, 3.05) is 0 Å². The van der Waals surface area contributed by atoms with Crippen LogP contribution in [-0.2, 0) is 0 Å². The van der Waals surface area contributed by atoms with Crippen LogP contribution in [0.5, 0.6) is 0 Å². The van der Waals surface area contributed by atoms with Gasteiger partial charge in [0.2, 0.25) is 0 Å². The number of aromatic nitrogens is 4. The Bertz CT molecular complexity index is 3960. The van der Waals surface area contributed by atoms with Crippen molar-refractivity contribution < 1.29 is 4.42 Å². The highest BCUT2D eigenvalue weighted by molar-refractivity contribution is 6.15. The lowest BCUT2D eigenvalue weighted by Crippen LogP contribution is -2.02. The first kappa shape index (κ1) is 36.0. The highest BCUT2D eigenvalue weighted by Crippen LogP contribution is 2.42. The smallest absolute Gasteiger partial charge is 0.164 e. The number of hydrogen-bond acceptors (Lipinski definition) is 4. The number of rotatable bonds is 6. The summed E-state index contributed by atoms with van der Waals surface area (Å²) in [6, 6.07) is 77.0. The van der Waals surface area contributed by atoms with Crippen molar-refractivity contribution in [1.29, 1.82) is 0 Å². The van der Waals surface area contributed by atoms with Crippen molar-refractivity contribution in [2.45, 2.75) is 0 Å². The van der Waals surface area contributed by atoms with Gasteiger partial charge in [0.1, 0.15) is 11.2 Å². The molecule has 0 saturated heterocycles. The van der Waals surface area contributed by atoms with Crippen LogP contribution in [0.2, 0.25) is 0 Å². The maximum atomic E-state index is 6.32. The van der Waals surface area contributed by atoms with Crippen LogP contribution in [0.1, 0.15) is 0 Å². The molecule has 0 spiro atoms. The van der Waals surface area contributed by atoms with Crippen LogP contribution in [0.3, 0.4) is 0 Å². The number of hydrogen-bond donors (Lipinski definition) is 0. The molecule has 5 nitrogen and oxygen atoms in total. The Hall–Kier alpha value is -8.67. The summed E-state index contributed by atoms with van der Waals surface area (Å²) in [7, 11) is 0. The Morgan fingerprint density at radius 3 is 1.77 bits per heavy atom. The molecule has 13 aromatic rings. The van der Waals surface area contributed by atoms with Gasteiger partial charge in [0, 0.05) is 43.6 Å². The molecule has 3 aromatic heterocycles. The zero-order valence-electron chi connectivity index (χ0n) is 34.5. The topological polar surface area (TPSA) is 56.7 Å². The number of fused-ring (bicyclic) bond motifs is 8. The van der Waals surface area contributed by atoms with E-state index >= 15 is 0 Å². The van der Waals surface area contributed by atoms with Crippen LogP contribution in [0, 0.1) is 0 Å². The number of para-hydroxylation sites is 2. The molecule has 0 unspecified atom stereocenters. The molecule has 0 aliphatic carbocycles. The van der Waals surface area contributed by atoms with Crippen LogP contribution in [0.4, 0.5) is 0 Å². The minimum absolute atomic E-state index is 0.621. The van der Waals surface area contributed by atoms with Gasteiger partial charge in [-0.15, -0.1) is 0 Å². The molecule has 0 bridgehead atoms. The van der Waals surface area contributed by atoms with Gasteiger partial charge in [-0.25, -0.2) is 15.0 Å². The lowest BCUT2D eigenvalue weighted by molar-refractivity contribution is 0.669. The second kappa shape index (κ2) is 14.5. The largest absolute Gasteiger partial charge is 0.456 e. The van der Waals surface area contributed by atoms with Gasteiger partial charge in [0.25, 0.3) is 0 Å². The monoisotopic (exact) mass is 816 g/mol. The fraction of sp³-hybridized carbons (Fsp3) is 0. The first-order valence-corrected chi connectivity index (χ1v) is 21.6. The van der Waals surface area contributed by atoms with E-state index in [1.165, 1.54) is 27.1 Å². The first-order chi connectivity index (χ1) is 31.7. The van der Waals surface area contributed by atoms with Gasteiger partial charge in [-0.3, -0.25) is 0 Å². The van der Waals surface area contributed by atoms with E-state index in [1.807, 2.05) is 30.3 Å². The summed E-state index contributed by atoms with van der Waals surface area (Å²) in [5.74, 6) is 1.87. The van der Waals surface area contributed by atoms with E-state index in [0.29, 0.717) is 17.5 Å². The van der Waals surface area contributed by atoms with Gasteiger partial charge >= 0.3 is 0 Å². The van der Waals surface area contributed by atoms with Crippen molar-refractivity contribution in [3.63, 3.8) is 0 Å². The fourth-order valence-corrected chi connectivity index (χ4v) is 9.61. The Morgan fingerprint density at radius 1 is 0.312 bits per heavy atom. The summed E-state index contributed by atoms with van der Waals surface area (Å²) in [5, 5.41) is 9.23. The van der Waals surface area contributed by atoms with E-state index in [9.17, 15) is 0 Å². The molecule has 10 aromatic carbocycles. The average Bonchev–Trinajstić information content (AvgIpc) is 3.92. The van der Waals surface area contributed by atoms with Gasteiger partial charge in [-0.05, 0) is 80.9 Å². The first-order valence-electron chi connectivity index (χ1n) is 21.6. The SMILES string of the molecule is c1ccc(-c2nc(-c3ccc(-c4ccc5ccccc5c4)cc3)nc(-c3ccc(-n4c5ccccc5c5ccc(-c6cccc7oc8ccccc8c67)cc54)c4ccccc34)n2)cc1. The molecule has 0 N–H and O–H groups in total. The zero-order chi connectivity index (χ0) is 42.1. The second-order valence-electron chi connectivity index (χ2n) is 16.4. The summed E-state index contributed by atoms with van der Waals surface area (Å²) in [5.41, 5.74) is 12.5. The molecular weight excluding hydrogens is 781 g/mol. The Morgan fingerprint density at radius 2 is 0.922 bits per heavy atom. The van der Waals surface area contributed by atoms with Crippen LogP contribution in [0.25, 0.3) is 127 Å². The summed E-state index contributed by atoms with van der Waals surface area (Å²) in [4.78, 5) is 15.5. The van der Waals surface area contributed by atoms with Gasteiger partial charge in [0.15, 0.2) is 17.5 Å². The van der Waals surface area contributed by atoms with E-state index in [4.69, 9.17) is 19.4 Å². The summed E-state index contributed by atoms with van der Waals surface area (Å²) in [6.07, 6.45) is 0. The van der Waals surface area contributed by atoms with Crippen molar-refractivity contribution in [3.05, 3.63) is 218 Å². The minimum atomic E-state index is 0.621. The number of benzene rings is 10. The van der Waals surface area contributed by atoms with Crippen LogP contribution in [-0.4, -0.2) is 19.5 Å². The van der Waals surface area contributed by atoms with Gasteiger partial charge in [-0.2, -0.15) is 0 Å². The molecule has 0 amide bonds. The molecule has 0 atom stereocenters. The van der Waals surface area contributed by atoms with E-state index in [1.54, 1.807) is 0 Å². The molecule has 0 fully saturated rings. The Labute approximate surface area is 368 Å². The van der Waals surface area contributed by atoms with E-state index in [2.05, 4.69) is 193 Å². The van der Waals surface area contributed by atoms with Crippen LogP contribution in [0.15, 0.2) is 223 Å². The third kappa shape index (κ3) is 5.83. The Kier molecular flexibility index (Phi) is 8.15. The Balaban J connectivity index is 0.973. The summed E-state index contributed by atoms with van der Waals surface area (Å²) >= 11 is 0. The van der Waals surface area contributed by atoms with Crippen molar-refractivity contribution in [1.82, 2.24) is 19.5 Å². The van der Waals surface area contributed by atoms with Crippen molar-refractivity contribution in [3.8, 4) is 62.1 Å². The standard InChI is InChI=1S/C59H36N4O/c1-2-14-39(15-3-1)57-60-58(40-28-25-38(26-29-40)42-30-27-37-13-4-5-16-41(37)35-42)62-59(61-57)49-33-34-52(46-18-7-6-17-45(46)49)63-51-22-10-8-19-47(51)48-32-31-43(36-53(48)63)44-21-12-24-55-56(44)50-20-9-11-23-54(50)64-55/h1-36H. The van der Waals surface area contributed by atoms with E-state index < -0.39 is 0 Å². The number of nitrogens with zero attached hydrogens (tertiary/aromatic N) is 4. The highest BCUT2D eigenvalue weighted by atomic mass is 16.3. The van der Waals surface area contributed by atoms with Crippen molar-refractivity contribution >= 4 is 65.3 Å². The maximum absolute atomic E-state index is 6.32. The molecule has 5 heteroatoms. The molecule has 3 heterocycles. The zero-order valence-corrected chi connectivity index (χ0v) is 34.5. The van der Waals surface area contributed by atoms with Gasteiger partial charge in [-0.1, -0.05) is 176 Å². The maximum Gasteiger partial charge on any atom is 0.164 e. The molecule has 0 radical (unpaired) electrons. The molecule has 0 aliphatic rings. The fourth-order valence-electron chi connectivity index (χ4n) is 9.61. The molecule has 0 aliphatic heterocycles. The molecular formula is C59H36N4O. The van der Waals surface area contributed by atoms with Crippen LogP contribution < -0.4 is 0 Å². The molecule has 64 heavy (non-hydrogen) atoms. The third-order valence-corrected chi connectivity index (χ3v) is 12.7. The van der Waals surface area contributed by atoms with E-state index in [-0.39, 0.29) is 0 Å². The molecule has 298 valence electrons. The normalized spacial score (nSPS) is 11.8. The van der Waals surface area contributed by atoms with Gasteiger partial charge < -0.3 is 8.98 Å². The van der Waals surface area contributed by atoms with E-state index in [0.717, 1.165) is 82.8 Å². The summed E-state index contributed by atoms with van der Waals surface area (Å²) < 4.78 is 8.73. The number of furan rings is 1. The summed E-state index contributed by atoms with van der Waals surface area (Å²) in [6.45, 7) is 0. The van der Waals surface area contributed by atoms with Gasteiger partial charge in [0.05, 0.1) is 16.7 Å². The molecule has 0 saturated carbocycles. The minimum Gasteiger partial charge on any atom is -0.456 e. The molecule has 13 rings (SSSR count). The lowest BCUT2D eigenvalue weighted by atomic mass is 9.98. The second-order valence-corrected chi connectivity index (χ2v) is 16.4. The lowest BCUT2D eigenvalue weighted by Gasteiger charge is -2.15. The predicted octanol–water partition coefficient (Wildman–Crippen LogP) is 15.5. The third-order valence-electron chi connectivity index (χ3n) is 12.7. The van der Waals surface area contributed by atoms with Crippen LogP contribution >= 0.6 is 0 Å². The van der Waals surface area contributed by atoms with Crippen molar-refractivity contribution in [2.24, 2.45) is 0 Å². The quantitative estimate of drug-likeness (QED) is 0.168.